The molecule has 0 saturated carbocycles. The molecule has 1 aromatic rings. The lowest BCUT2D eigenvalue weighted by atomic mass is 10.1. The van der Waals surface area contributed by atoms with Crippen LogP contribution < -0.4 is 4.74 Å². The van der Waals surface area contributed by atoms with Crippen LogP contribution in [0.15, 0.2) is 24.3 Å². The summed E-state index contributed by atoms with van der Waals surface area (Å²) in [7, 11) is 0. The highest BCUT2D eigenvalue weighted by atomic mass is 35.5. The van der Waals surface area contributed by atoms with Crippen LogP contribution in [0.5, 0.6) is 5.75 Å². The fourth-order valence-electron chi connectivity index (χ4n) is 3.55. The smallest absolute Gasteiger partial charge is 0.266 e. The number of likely N-dealkylation sites (tertiary alicyclic amines) is 2. The predicted octanol–water partition coefficient (Wildman–Crippen LogP) is 3.19. The number of halogens is 1. The summed E-state index contributed by atoms with van der Waals surface area (Å²) in [5, 5.41) is 0.662. The van der Waals surface area contributed by atoms with E-state index >= 15 is 0 Å². The molecule has 2 heterocycles. The van der Waals surface area contributed by atoms with Gasteiger partial charge in [0.2, 0.25) is 0 Å². The van der Waals surface area contributed by atoms with Crippen LogP contribution in [0.4, 0.5) is 0 Å². The minimum atomic E-state index is -0.867. The molecule has 0 N–H and O–H groups in total. The molecule has 4 nitrogen and oxygen atoms in total. The molecule has 126 valence electrons. The van der Waals surface area contributed by atoms with Crippen LogP contribution >= 0.6 is 11.6 Å². The van der Waals surface area contributed by atoms with E-state index in [4.69, 9.17) is 16.3 Å². The number of hydrogen-bond acceptors (Lipinski definition) is 3. The molecule has 0 aromatic heterocycles. The summed E-state index contributed by atoms with van der Waals surface area (Å²) in [5.41, 5.74) is -0.867. The Morgan fingerprint density at radius 2 is 1.83 bits per heavy atom. The average molecular weight is 337 g/mol. The lowest BCUT2D eigenvalue weighted by Crippen LogP contribution is -2.49. The van der Waals surface area contributed by atoms with Crippen molar-refractivity contribution in [1.29, 1.82) is 0 Å². The molecule has 5 heteroatoms. The van der Waals surface area contributed by atoms with E-state index in [1.165, 1.54) is 25.9 Å². The Balaban J connectivity index is 1.61. The highest BCUT2D eigenvalue weighted by Crippen LogP contribution is 2.26. The Labute approximate surface area is 143 Å². The van der Waals surface area contributed by atoms with E-state index < -0.39 is 5.60 Å². The fourth-order valence-corrected chi connectivity index (χ4v) is 3.68. The SMILES string of the molecule is CC(C)(Oc1ccc(Cl)cc1)C(=O)N1CCC(N2CCCC2)C1. The molecule has 2 aliphatic heterocycles. The van der Waals surface area contributed by atoms with Crippen molar-refractivity contribution in [3.8, 4) is 5.75 Å². The molecular formula is C18H25ClN2O2. The van der Waals surface area contributed by atoms with Gasteiger partial charge in [-0.3, -0.25) is 9.69 Å². The van der Waals surface area contributed by atoms with Crippen molar-refractivity contribution in [2.24, 2.45) is 0 Å². The molecule has 2 saturated heterocycles. The number of benzene rings is 1. The second-order valence-electron chi connectivity index (χ2n) is 7.00. The molecule has 1 unspecified atom stereocenters. The molecule has 0 radical (unpaired) electrons. The average Bonchev–Trinajstić information content (AvgIpc) is 3.19. The van der Waals surface area contributed by atoms with Crippen LogP contribution in [0, 0.1) is 0 Å². The molecule has 1 amide bonds. The Morgan fingerprint density at radius 3 is 2.48 bits per heavy atom. The quantitative estimate of drug-likeness (QED) is 0.846. The van der Waals surface area contributed by atoms with Crippen LogP contribution in [0.1, 0.15) is 33.1 Å². The third-order valence-corrected chi connectivity index (χ3v) is 5.06. The maximum atomic E-state index is 12.9. The Morgan fingerprint density at radius 1 is 1.17 bits per heavy atom. The molecule has 2 fully saturated rings. The van der Waals surface area contributed by atoms with Gasteiger partial charge in [0.25, 0.3) is 5.91 Å². The van der Waals surface area contributed by atoms with Gasteiger partial charge in [0.1, 0.15) is 5.75 Å². The summed E-state index contributed by atoms with van der Waals surface area (Å²) < 4.78 is 5.93. The molecule has 1 atom stereocenters. The van der Waals surface area contributed by atoms with Gasteiger partial charge < -0.3 is 9.64 Å². The van der Waals surface area contributed by atoms with Crippen molar-refractivity contribution in [3.05, 3.63) is 29.3 Å². The van der Waals surface area contributed by atoms with Crippen LogP contribution in [-0.4, -0.2) is 53.5 Å². The first-order valence-electron chi connectivity index (χ1n) is 8.44. The van der Waals surface area contributed by atoms with E-state index in [0.717, 1.165) is 19.5 Å². The van der Waals surface area contributed by atoms with Crippen molar-refractivity contribution >= 4 is 17.5 Å². The van der Waals surface area contributed by atoms with Crippen LogP contribution in [0.25, 0.3) is 0 Å². The number of carbonyl (C=O) groups is 1. The van der Waals surface area contributed by atoms with Gasteiger partial charge in [-0.05, 0) is 70.5 Å². The molecule has 0 spiro atoms. The summed E-state index contributed by atoms with van der Waals surface area (Å²) >= 11 is 5.89. The Hall–Kier alpha value is -1.26. The topological polar surface area (TPSA) is 32.8 Å². The zero-order valence-electron chi connectivity index (χ0n) is 13.9. The number of amides is 1. The number of rotatable bonds is 4. The molecular weight excluding hydrogens is 312 g/mol. The normalized spacial score (nSPS) is 22.6. The number of nitrogens with zero attached hydrogens (tertiary/aromatic N) is 2. The van der Waals surface area contributed by atoms with Crippen molar-refractivity contribution in [1.82, 2.24) is 9.80 Å². The fraction of sp³-hybridized carbons (Fsp3) is 0.611. The van der Waals surface area contributed by atoms with Gasteiger partial charge in [-0.25, -0.2) is 0 Å². The predicted molar refractivity (Wildman–Crippen MR) is 92.0 cm³/mol. The maximum absolute atomic E-state index is 12.9. The number of hydrogen-bond donors (Lipinski definition) is 0. The second-order valence-corrected chi connectivity index (χ2v) is 7.44. The summed E-state index contributed by atoms with van der Waals surface area (Å²) in [6.07, 6.45) is 3.65. The first-order valence-corrected chi connectivity index (χ1v) is 8.81. The lowest BCUT2D eigenvalue weighted by molar-refractivity contribution is -0.144. The molecule has 0 aliphatic carbocycles. The van der Waals surface area contributed by atoms with Crippen molar-refractivity contribution in [3.63, 3.8) is 0 Å². The maximum Gasteiger partial charge on any atom is 0.266 e. The standard InChI is InChI=1S/C18H25ClN2O2/c1-18(2,23-16-7-5-14(19)6-8-16)17(22)21-12-9-15(13-21)20-10-3-4-11-20/h5-8,15H,3-4,9-13H2,1-2H3. The highest BCUT2D eigenvalue weighted by Gasteiger charge is 2.39. The summed E-state index contributed by atoms with van der Waals surface area (Å²) in [5.74, 6) is 0.734. The number of ether oxygens (including phenoxy) is 1. The third kappa shape index (κ3) is 3.81. The van der Waals surface area contributed by atoms with E-state index in [9.17, 15) is 4.79 Å². The van der Waals surface area contributed by atoms with Gasteiger partial charge in [-0.15, -0.1) is 0 Å². The van der Waals surface area contributed by atoms with Crippen molar-refractivity contribution in [2.75, 3.05) is 26.2 Å². The van der Waals surface area contributed by atoms with Crippen LogP contribution in [-0.2, 0) is 4.79 Å². The van der Waals surface area contributed by atoms with E-state index in [1.807, 2.05) is 18.7 Å². The first kappa shape index (κ1) is 16.6. The van der Waals surface area contributed by atoms with Crippen LogP contribution in [0.2, 0.25) is 5.02 Å². The van der Waals surface area contributed by atoms with E-state index in [1.54, 1.807) is 24.3 Å². The molecule has 2 aliphatic rings. The second kappa shape index (κ2) is 6.70. The summed E-state index contributed by atoms with van der Waals surface area (Å²) in [4.78, 5) is 17.3. The summed E-state index contributed by atoms with van der Waals surface area (Å²) in [6.45, 7) is 7.69. The number of carbonyl (C=O) groups excluding carboxylic acids is 1. The lowest BCUT2D eigenvalue weighted by Gasteiger charge is -2.31. The largest absolute Gasteiger partial charge is 0.478 e. The molecule has 1 aromatic carbocycles. The molecule has 23 heavy (non-hydrogen) atoms. The summed E-state index contributed by atoms with van der Waals surface area (Å²) in [6, 6.07) is 7.67. The Kier molecular flexibility index (Phi) is 4.83. The van der Waals surface area contributed by atoms with Crippen molar-refractivity contribution in [2.45, 2.75) is 44.8 Å². The van der Waals surface area contributed by atoms with Crippen LogP contribution in [0.3, 0.4) is 0 Å². The monoisotopic (exact) mass is 336 g/mol. The third-order valence-electron chi connectivity index (χ3n) is 4.81. The van der Waals surface area contributed by atoms with Gasteiger partial charge >= 0.3 is 0 Å². The van der Waals surface area contributed by atoms with Crippen molar-refractivity contribution < 1.29 is 9.53 Å². The molecule has 3 rings (SSSR count). The first-order chi connectivity index (χ1) is 11.0. The van der Waals surface area contributed by atoms with Gasteiger partial charge in [0.15, 0.2) is 5.60 Å². The zero-order chi connectivity index (χ0) is 16.4. The highest BCUT2D eigenvalue weighted by molar-refractivity contribution is 6.30. The minimum absolute atomic E-state index is 0.0640. The zero-order valence-corrected chi connectivity index (χ0v) is 14.7. The van der Waals surface area contributed by atoms with Gasteiger partial charge in [0.05, 0.1) is 0 Å². The Bertz CT molecular complexity index is 553. The molecule has 0 bridgehead atoms. The van der Waals surface area contributed by atoms with E-state index in [-0.39, 0.29) is 5.91 Å². The van der Waals surface area contributed by atoms with E-state index in [2.05, 4.69) is 4.90 Å². The van der Waals surface area contributed by atoms with Gasteiger partial charge in [-0.2, -0.15) is 0 Å². The van der Waals surface area contributed by atoms with Gasteiger partial charge in [-0.1, -0.05) is 11.6 Å². The van der Waals surface area contributed by atoms with Gasteiger partial charge in [0, 0.05) is 24.2 Å². The minimum Gasteiger partial charge on any atom is -0.478 e. The van der Waals surface area contributed by atoms with E-state index in [0.29, 0.717) is 16.8 Å².